The van der Waals surface area contributed by atoms with E-state index in [9.17, 15) is 24.8 Å². The fourth-order valence-corrected chi connectivity index (χ4v) is 2.72. The third-order valence-electron chi connectivity index (χ3n) is 3.80. The zero-order valence-electron chi connectivity index (χ0n) is 12.6. The lowest BCUT2D eigenvalue weighted by molar-refractivity contribution is -0.384. The number of ketones is 1. The monoisotopic (exact) mass is 358 g/mol. The highest BCUT2D eigenvalue weighted by atomic mass is 35.5. The Labute approximate surface area is 146 Å². The number of nitrogens with zero attached hydrogens (tertiary/aromatic N) is 1. The number of aliphatic hydroxyl groups is 1. The molecule has 8 heteroatoms. The van der Waals surface area contributed by atoms with Crippen molar-refractivity contribution in [3.8, 4) is 0 Å². The number of non-ortho nitro benzene ring substituents is 1. The number of rotatable bonds is 3. The van der Waals surface area contributed by atoms with Gasteiger partial charge < -0.3 is 10.4 Å². The highest BCUT2D eigenvalue weighted by Gasteiger charge is 2.39. The van der Waals surface area contributed by atoms with E-state index in [1.807, 2.05) is 0 Å². The standard InChI is InChI=1S/C17H11ClN2O5/c18-11-6-4-9(5-7-11)15(21)13-14(19-17(23)16(13)22)10-2-1-3-12(8-10)20(24)25/h1-8,14,21H,(H,19,23)/t14-/m0/s1. The number of halogens is 1. The first kappa shape index (κ1) is 16.7. The Morgan fingerprint density at radius 2 is 1.84 bits per heavy atom. The molecule has 0 bridgehead atoms. The number of nitro benzene ring substituents is 1. The van der Waals surface area contributed by atoms with Crippen molar-refractivity contribution in [1.29, 1.82) is 0 Å². The highest BCUT2D eigenvalue weighted by Crippen LogP contribution is 2.34. The first-order chi connectivity index (χ1) is 11.9. The molecule has 1 saturated heterocycles. The van der Waals surface area contributed by atoms with Crippen LogP contribution < -0.4 is 5.32 Å². The predicted molar refractivity (Wildman–Crippen MR) is 90.0 cm³/mol. The quantitative estimate of drug-likeness (QED) is 0.288. The molecule has 0 unspecified atom stereocenters. The van der Waals surface area contributed by atoms with Crippen LogP contribution in [-0.2, 0) is 9.59 Å². The second kappa shape index (κ2) is 6.37. The van der Waals surface area contributed by atoms with E-state index < -0.39 is 22.7 Å². The molecular weight excluding hydrogens is 348 g/mol. The number of hydrogen-bond donors (Lipinski definition) is 2. The van der Waals surface area contributed by atoms with Crippen LogP contribution in [0.3, 0.4) is 0 Å². The summed E-state index contributed by atoms with van der Waals surface area (Å²) in [4.78, 5) is 34.4. The van der Waals surface area contributed by atoms with E-state index in [0.717, 1.165) is 0 Å². The van der Waals surface area contributed by atoms with Gasteiger partial charge in [-0.2, -0.15) is 0 Å². The van der Waals surface area contributed by atoms with Gasteiger partial charge in [0.2, 0.25) is 0 Å². The Balaban J connectivity index is 2.12. The maximum atomic E-state index is 12.2. The summed E-state index contributed by atoms with van der Waals surface area (Å²) in [7, 11) is 0. The molecule has 0 saturated carbocycles. The van der Waals surface area contributed by atoms with Gasteiger partial charge in [0.1, 0.15) is 5.76 Å². The van der Waals surface area contributed by atoms with Crippen molar-refractivity contribution in [2.45, 2.75) is 6.04 Å². The van der Waals surface area contributed by atoms with Gasteiger partial charge in [-0.05, 0) is 29.8 Å². The molecule has 7 nitrogen and oxygen atoms in total. The lowest BCUT2D eigenvalue weighted by Gasteiger charge is -2.13. The predicted octanol–water partition coefficient (Wildman–Crippen LogP) is 2.96. The van der Waals surface area contributed by atoms with Gasteiger partial charge in [0, 0.05) is 22.7 Å². The van der Waals surface area contributed by atoms with Crippen LogP contribution in [0.4, 0.5) is 5.69 Å². The molecule has 3 rings (SSSR count). The van der Waals surface area contributed by atoms with Crippen LogP contribution in [0.1, 0.15) is 17.2 Å². The number of benzene rings is 2. The molecule has 0 aromatic heterocycles. The zero-order valence-corrected chi connectivity index (χ0v) is 13.4. The summed E-state index contributed by atoms with van der Waals surface area (Å²) in [5, 5.41) is 24.3. The first-order valence-electron chi connectivity index (χ1n) is 7.17. The summed E-state index contributed by atoms with van der Waals surface area (Å²) in [5.41, 5.74) is 0.285. The average molecular weight is 359 g/mol. The topological polar surface area (TPSA) is 110 Å². The highest BCUT2D eigenvalue weighted by molar-refractivity contribution is 6.46. The number of nitro groups is 1. The maximum Gasteiger partial charge on any atom is 0.293 e. The Hall–Kier alpha value is -3.19. The molecule has 126 valence electrons. The van der Waals surface area contributed by atoms with E-state index in [0.29, 0.717) is 16.1 Å². The number of nitrogens with one attached hydrogen (secondary N) is 1. The van der Waals surface area contributed by atoms with Crippen molar-refractivity contribution in [2.75, 3.05) is 0 Å². The number of amides is 1. The van der Waals surface area contributed by atoms with Gasteiger partial charge in [0.25, 0.3) is 17.4 Å². The van der Waals surface area contributed by atoms with Crippen LogP contribution in [0.25, 0.3) is 5.76 Å². The van der Waals surface area contributed by atoms with E-state index in [2.05, 4.69) is 5.32 Å². The fraction of sp³-hybridized carbons (Fsp3) is 0.0588. The molecule has 0 aliphatic carbocycles. The van der Waals surface area contributed by atoms with E-state index in [-0.39, 0.29) is 17.0 Å². The van der Waals surface area contributed by atoms with Crippen LogP contribution in [0, 0.1) is 10.1 Å². The van der Waals surface area contributed by atoms with Gasteiger partial charge in [-0.3, -0.25) is 19.7 Å². The van der Waals surface area contributed by atoms with Crippen LogP contribution >= 0.6 is 11.6 Å². The molecular formula is C17H11ClN2O5. The normalized spacial score (nSPS) is 18.8. The maximum absolute atomic E-state index is 12.2. The molecule has 1 fully saturated rings. The molecule has 0 radical (unpaired) electrons. The second-order valence-electron chi connectivity index (χ2n) is 5.36. The Bertz CT molecular complexity index is 921. The number of carbonyl (C=O) groups excluding carboxylic acids is 2. The first-order valence-corrected chi connectivity index (χ1v) is 7.55. The van der Waals surface area contributed by atoms with E-state index in [1.165, 1.54) is 48.5 Å². The number of aliphatic hydroxyl groups excluding tert-OH is 1. The minimum absolute atomic E-state index is 0.159. The number of Topliss-reactive ketones (excluding diaryl/α,β-unsaturated/α-hetero) is 1. The largest absolute Gasteiger partial charge is 0.507 e. The lowest BCUT2D eigenvalue weighted by atomic mass is 9.95. The number of hydrogen-bond acceptors (Lipinski definition) is 5. The molecule has 1 amide bonds. The molecule has 2 aromatic rings. The minimum atomic E-state index is -0.976. The molecule has 2 aromatic carbocycles. The zero-order chi connectivity index (χ0) is 18.1. The lowest BCUT2D eigenvalue weighted by Crippen LogP contribution is -2.21. The summed E-state index contributed by atoms with van der Waals surface area (Å²) in [6.07, 6.45) is 0. The molecule has 2 N–H and O–H groups in total. The smallest absolute Gasteiger partial charge is 0.293 e. The van der Waals surface area contributed by atoms with Gasteiger partial charge >= 0.3 is 0 Å². The molecule has 0 spiro atoms. The van der Waals surface area contributed by atoms with Gasteiger partial charge in [-0.1, -0.05) is 23.7 Å². The van der Waals surface area contributed by atoms with Crippen molar-refractivity contribution in [2.24, 2.45) is 0 Å². The molecule has 1 heterocycles. The summed E-state index contributed by atoms with van der Waals surface area (Å²) < 4.78 is 0. The molecule has 25 heavy (non-hydrogen) atoms. The van der Waals surface area contributed by atoms with Crippen molar-refractivity contribution >= 4 is 34.7 Å². The summed E-state index contributed by atoms with van der Waals surface area (Å²) in [6.45, 7) is 0. The number of carbonyl (C=O) groups is 2. The Kier molecular flexibility index (Phi) is 4.24. The van der Waals surface area contributed by atoms with Crippen molar-refractivity contribution in [3.05, 3.63) is 80.4 Å². The average Bonchev–Trinajstić information content (AvgIpc) is 2.90. The summed E-state index contributed by atoms with van der Waals surface area (Å²) in [6, 6.07) is 10.6. The van der Waals surface area contributed by atoms with Crippen LogP contribution in [0.5, 0.6) is 0 Å². The Morgan fingerprint density at radius 3 is 2.48 bits per heavy atom. The third kappa shape index (κ3) is 3.09. The van der Waals surface area contributed by atoms with Gasteiger partial charge in [0.05, 0.1) is 16.5 Å². The fourth-order valence-electron chi connectivity index (χ4n) is 2.60. The SMILES string of the molecule is O=C1N[C@@H](c2cccc([N+](=O)[O-])c2)C(=C(O)c2ccc(Cl)cc2)C1=O. The van der Waals surface area contributed by atoms with Crippen molar-refractivity contribution in [3.63, 3.8) is 0 Å². The van der Waals surface area contributed by atoms with E-state index in [1.54, 1.807) is 0 Å². The van der Waals surface area contributed by atoms with Crippen LogP contribution in [-0.4, -0.2) is 21.7 Å². The van der Waals surface area contributed by atoms with Crippen LogP contribution in [0.2, 0.25) is 5.02 Å². The molecule has 1 aliphatic rings. The second-order valence-corrected chi connectivity index (χ2v) is 5.79. The Morgan fingerprint density at radius 1 is 1.16 bits per heavy atom. The van der Waals surface area contributed by atoms with E-state index >= 15 is 0 Å². The van der Waals surface area contributed by atoms with Crippen LogP contribution in [0.15, 0.2) is 54.1 Å². The van der Waals surface area contributed by atoms with Gasteiger partial charge in [0.15, 0.2) is 0 Å². The van der Waals surface area contributed by atoms with E-state index in [4.69, 9.17) is 11.6 Å². The molecule has 1 atom stereocenters. The summed E-state index contributed by atoms with van der Waals surface area (Å²) >= 11 is 5.80. The van der Waals surface area contributed by atoms with Crippen molar-refractivity contribution < 1.29 is 19.6 Å². The minimum Gasteiger partial charge on any atom is -0.507 e. The third-order valence-corrected chi connectivity index (χ3v) is 4.05. The van der Waals surface area contributed by atoms with Crippen molar-refractivity contribution in [1.82, 2.24) is 5.32 Å². The summed E-state index contributed by atoms with van der Waals surface area (Å²) in [5.74, 6) is -2.15. The molecule has 1 aliphatic heterocycles. The van der Waals surface area contributed by atoms with Gasteiger partial charge in [-0.25, -0.2) is 0 Å². The van der Waals surface area contributed by atoms with Gasteiger partial charge in [-0.15, -0.1) is 0 Å².